The lowest BCUT2D eigenvalue weighted by molar-refractivity contribution is -0.119. The quantitative estimate of drug-likeness (QED) is 0.925. The number of hydrogen-bond donors (Lipinski definition) is 1. The van der Waals surface area contributed by atoms with Crippen molar-refractivity contribution in [3.8, 4) is 0 Å². The number of carbonyl (C=O) groups excluding carboxylic acids is 1. The molecule has 0 fully saturated rings. The van der Waals surface area contributed by atoms with E-state index in [9.17, 15) is 18.0 Å². The van der Waals surface area contributed by atoms with Gasteiger partial charge in [0.15, 0.2) is 0 Å². The predicted molar refractivity (Wildman–Crippen MR) is 70.9 cm³/mol. The van der Waals surface area contributed by atoms with Crippen LogP contribution in [0.1, 0.15) is 17.2 Å². The zero-order valence-corrected chi connectivity index (χ0v) is 10.8. The number of hydrogen-bond acceptors (Lipinski definition) is 2. The van der Waals surface area contributed by atoms with Gasteiger partial charge >= 0.3 is 0 Å². The minimum absolute atomic E-state index is 0.000185. The second kappa shape index (κ2) is 4.89. The van der Waals surface area contributed by atoms with Crippen molar-refractivity contribution in [1.29, 1.82) is 0 Å². The van der Waals surface area contributed by atoms with Crippen LogP contribution in [0.4, 0.5) is 18.9 Å². The monoisotopic (exact) mass is 292 g/mol. The van der Waals surface area contributed by atoms with E-state index >= 15 is 0 Å². The molecule has 0 saturated heterocycles. The fourth-order valence-electron chi connectivity index (χ4n) is 2.49. The number of nitrogens with two attached hydrogens (primary N) is 1. The minimum atomic E-state index is -1.17. The summed E-state index contributed by atoms with van der Waals surface area (Å²) in [6, 6.07) is 6.23. The Labute approximate surface area is 118 Å². The average molecular weight is 292 g/mol. The van der Waals surface area contributed by atoms with E-state index in [0.29, 0.717) is 11.6 Å². The zero-order valence-electron chi connectivity index (χ0n) is 10.8. The highest BCUT2D eigenvalue weighted by Gasteiger charge is 2.37. The molecule has 1 amide bonds. The Bertz CT molecular complexity index is 733. The number of amides is 1. The molecule has 6 heteroatoms. The van der Waals surface area contributed by atoms with Crippen LogP contribution in [-0.4, -0.2) is 5.91 Å². The first-order valence-corrected chi connectivity index (χ1v) is 6.27. The summed E-state index contributed by atoms with van der Waals surface area (Å²) >= 11 is 0. The van der Waals surface area contributed by atoms with Crippen LogP contribution in [0.5, 0.6) is 0 Å². The van der Waals surface area contributed by atoms with E-state index in [0.717, 1.165) is 6.07 Å². The van der Waals surface area contributed by atoms with Crippen LogP contribution in [-0.2, 0) is 11.3 Å². The number of rotatable bonds is 2. The fraction of sp³-hybridized carbons (Fsp3) is 0.133. The molecule has 0 saturated carbocycles. The molecule has 3 rings (SSSR count). The lowest BCUT2D eigenvalue weighted by Gasteiger charge is -2.17. The van der Waals surface area contributed by atoms with E-state index in [-0.39, 0.29) is 17.8 Å². The molecule has 2 aromatic rings. The third kappa shape index (κ3) is 2.27. The SMILES string of the molecule is NC1C(=O)N(Cc2cccc(F)c2)c2cc(F)cc(F)c21. The van der Waals surface area contributed by atoms with Gasteiger partial charge in [0.25, 0.3) is 0 Å². The average Bonchev–Trinajstić information content (AvgIpc) is 2.64. The number of benzene rings is 2. The summed E-state index contributed by atoms with van der Waals surface area (Å²) in [5.41, 5.74) is 6.26. The van der Waals surface area contributed by atoms with E-state index in [4.69, 9.17) is 5.73 Å². The first kappa shape index (κ1) is 13.6. The van der Waals surface area contributed by atoms with E-state index in [1.807, 2.05) is 0 Å². The van der Waals surface area contributed by atoms with Crippen molar-refractivity contribution < 1.29 is 18.0 Å². The Morgan fingerprint density at radius 3 is 2.57 bits per heavy atom. The third-order valence-corrected chi connectivity index (χ3v) is 3.44. The summed E-state index contributed by atoms with van der Waals surface area (Å²) in [5, 5.41) is 0. The van der Waals surface area contributed by atoms with Gasteiger partial charge in [-0.05, 0) is 23.8 Å². The molecule has 2 aromatic carbocycles. The van der Waals surface area contributed by atoms with Gasteiger partial charge in [0.2, 0.25) is 5.91 Å². The molecule has 1 unspecified atom stereocenters. The molecule has 0 bridgehead atoms. The molecule has 108 valence electrons. The first-order chi connectivity index (χ1) is 9.97. The maximum Gasteiger partial charge on any atom is 0.249 e. The van der Waals surface area contributed by atoms with E-state index < -0.39 is 29.4 Å². The van der Waals surface area contributed by atoms with Crippen molar-refractivity contribution in [1.82, 2.24) is 0 Å². The predicted octanol–water partition coefficient (Wildman–Crippen LogP) is 2.65. The number of halogens is 3. The van der Waals surface area contributed by atoms with Gasteiger partial charge in [-0.2, -0.15) is 0 Å². The van der Waals surface area contributed by atoms with Crippen molar-refractivity contribution in [2.75, 3.05) is 4.90 Å². The molecular formula is C15H11F3N2O. The van der Waals surface area contributed by atoms with E-state index in [1.165, 1.54) is 23.1 Å². The molecule has 21 heavy (non-hydrogen) atoms. The number of fused-ring (bicyclic) bond motifs is 1. The molecule has 2 N–H and O–H groups in total. The molecule has 0 aliphatic carbocycles. The fourth-order valence-corrected chi connectivity index (χ4v) is 2.49. The Balaban J connectivity index is 2.03. The van der Waals surface area contributed by atoms with Crippen LogP contribution in [0.25, 0.3) is 0 Å². The van der Waals surface area contributed by atoms with E-state index in [1.54, 1.807) is 6.07 Å². The van der Waals surface area contributed by atoms with Crippen LogP contribution in [0.15, 0.2) is 36.4 Å². The van der Waals surface area contributed by atoms with Gasteiger partial charge in [-0.25, -0.2) is 13.2 Å². The Morgan fingerprint density at radius 2 is 1.86 bits per heavy atom. The van der Waals surface area contributed by atoms with Crippen molar-refractivity contribution >= 4 is 11.6 Å². The Kier molecular flexibility index (Phi) is 3.17. The largest absolute Gasteiger partial charge is 0.316 e. The number of anilines is 1. The summed E-state index contributed by atoms with van der Waals surface area (Å²) in [7, 11) is 0. The maximum atomic E-state index is 13.8. The van der Waals surface area contributed by atoms with Crippen LogP contribution < -0.4 is 10.6 Å². The van der Waals surface area contributed by atoms with Crippen molar-refractivity contribution in [2.24, 2.45) is 5.73 Å². The van der Waals surface area contributed by atoms with Gasteiger partial charge in [0.1, 0.15) is 23.5 Å². The first-order valence-electron chi connectivity index (χ1n) is 6.27. The van der Waals surface area contributed by atoms with Crippen molar-refractivity contribution in [2.45, 2.75) is 12.6 Å². The highest BCUT2D eigenvalue weighted by molar-refractivity contribution is 6.04. The lowest BCUT2D eigenvalue weighted by Crippen LogP contribution is -2.31. The van der Waals surface area contributed by atoms with Crippen molar-refractivity contribution in [3.63, 3.8) is 0 Å². The number of carbonyl (C=O) groups is 1. The van der Waals surface area contributed by atoms with Gasteiger partial charge in [0, 0.05) is 11.6 Å². The molecular weight excluding hydrogens is 281 g/mol. The summed E-state index contributed by atoms with van der Waals surface area (Å²) in [4.78, 5) is 13.3. The minimum Gasteiger partial charge on any atom is -0.316 e. The van der Waals surface area contributed by atoms with Gasteiger partial charge in [-0.1, -0.05) is 12.1 Å². The second-order valence-electron chi connectivity index (χ2n) is 4.85. The van der Waals surface area contributed by atoms with Crippen LogP contribution in [0, 0.1) is 17.5 Å². The molecule has 1 aliphatic heterocycles. The highest BCUT2D eigenvalue weighted by Crippen LogP contribution is 2.38. The highest BCUT2D eigenvalue weighted by atomic mass is 19.1. The van der Waals surface area contributed by atoms with Gasteiger partial charge in [0.05, 0.1) is 12.2 Å². The summed E-state index contributed by atoms with van der Waals surface area (Å²) in [6.07, 6.45) is 0. The topological polar surface area (TPSA) is 46.3 Å². The third-order valence-electron chi connectivity index (χ3n) is 3.44. The van der Waals surface area contributed by atoms with Crippen LogP contribution in [0.3, 0.4) is 0 Å². The normalized spacial score (nSPS) is 17.2. The summed E-state index contributed by atoms with van der Waals surface area (Å²) in [6.45, 7) is 0.000185. The molecule has 1 heterocycles. The van der Waals surface area contributed by atoms with E-state index in [2.05, 4.69) is 0 Å². The van der Waals surface area contributed by atoms with Crippen LogP contribution in [0.2, 0.25) is 0 Å². The Morgan fingerprint density at radius 1 is 1.10 bits per heavy atom. The molecule has 1 atom stereocenters. The van der Waals surface area contributed by atoms with Gasteiger partial charge < -0.3 is 10.6 Å². The van der Waals surface area contributed by atoms with Crippen molar-refractivity contribution in [3.05, 3.63) is 65.0 Å². The molecule has 0 aromatic heterocycles. The van der Waals surface area contributed by atoms with Crippen LogP contribution >= 0.6 is 0 Å². The summed E-state index contributed by atoms with van der Waals surface area (Å²) in [5.74, 6) is -2.64. The maximum absolute atomic E-state index is 13.8. The van der Waals surface area contributed by atoms with Gasteiger partial charge in [-0.3, -0.25) is 4.79 Å². The smallest absolute Gasteiger partial charge is 0.249 e. The number of nitrogens with zero attached hydrogens (tertiary/aromatic N) is 1. The van der Waals surface area contributed by atoms with Gasteiger partial charge in [-0.15, -0.1) is 0 Å². The lowest BCUT2D eigenvalue weighted by atomic mass is 10.1. The molecule has 0 radical (unpaired) electrons. The second-order valence-corrected chi connectivity index (χ2v) is 4.85. The molecule has 3 nitrogen and oxygen atoms in total. The summed E-state index contributed by atoms with van der Waals surface area (Å²) < 4.78 is 40.4. The standard InChI is InChI=1S/C15H11F3N2O/c16-9-3-1-2-8(4-9)7-20-12-6-10(17)5-11(18)13(12)14(19)15(20)21/h1-6,14H,7,19H2. The molecule has 0 spiro atoms. The molecule has 1 aliphatic rings. The zero-order chi connectivity index (χ0) is 15.1. The Hall–Kier alpha value is -2.34.